The van der Waals surface area contributed by atoms with Crippen LogP contribution in [0.5, 0.6) is 0 Å². The van der Waals surface area contributed by atoms with Crippen molar-refractivity contribution in [2.24, 2.45) is 5.41 Å². The van der Waals surface area contributed by atoms with Gasteiger partial charge in [0, 0.05) is 5.57 Å². The van der Waals surface area contributed by atoms with Crippen LogP contribution in [0.2, 0.25) is 0 Å². The molecule has 0 aliphatic carbocycles. The maximum absolute atomic E-state index is 8.76. The summed E-state index contributed by atoms with van der Waals surface area (Å²) in [5, 5.41) is 52.0. The average molecular weight is 206 g/mol. The third-order valence-electron chi connectivity index (χ3n) is 1.74. The average Bonchev–Trinajstić information content (AvgIpc) is 2.33. The van der Waals surface area contributed by atoms with Gasteiger partial charge in [-0.2, -0.15) is 31.6 Å². The zero-order valence-corrected chi connectivity index (χ0v) is 7.89. The first-order valence-electron chi connectivity index (χ1n) is 3.80. The molecule has 0 heterocycles. The molecule has 0 atom stereocenters. The second kappa shape index (κ2) is 5.42. The molecule has 0 radical (unpaired) electrons. The van der Waals surface area contributed by atoms with Gasteiger partial charge in [0.25, 0.3) is 5.41 Å². The Balaban J connectivity index is 6.14. The van der Waals surface area contributed by atoms with Gasteiger partial charge in [-0.05, 0) is 0 Å². The molecule has 0 fully saturated rings. The summed E-state index contributed by atoms with van der Waals surface area (Å²) in [7, 11) is 0. The van der Waals surface area contributed by atoms with Crippen LogP contribution < -0.4 is 0 Å². The Morgan fingerprint density at radius 2 is 1.25 bits per heavy atom. The van der Waals surface area contributed by atoms with Gasteiger partial charge in [-0.3, -0.25) is 0 Å². The molecule has 0 saturated heterocycles. The summed E-state index contributed by atoms with van der Waals surface area (Å²) in [5.41, 5.74) is -3.17. The quantitative estimate of drug-likeness (QED) is 0.611. The molecule has 6 heteroatoms. The summed E-state index contributed by atoms with van der Waals surface area (Å²) in [4.78, 5) is 0. The van der Waals surface area contributed by atoms with Crippen molar-refractivity contribution in [3.05, 3.63) is 11.1 Å². The van der Waals surface area contributed by atoms with E-state index < -0.39 is 17.4 Å². The van der Waals surface area contributed by atoms with E-state index in [2.05, 4.69) is 0 Å². The first-order valence-corrected chi connectivity index (χ1v) is 3.80. The summed E-state index contributed by atoms with van der Waals surface area (Å²) in [5.74, 6) is 0. The van der Waals surface area contributed by atoms with E-state index in [1.165, 1.54) is 30.3 Å². The smallest absolute Gasteiger partial charge is 0.198 e. The Morgan fingerprint density at radius 1 is 0.812 bits per heavy atom. The number of nitriles is 6. The van der Waals surface area contributed by atoms with Crippen LogP contribution in [0.1, 0.15) is 6.42 Å². The molecule has 72 valence electrons. The highest BCUT2D eigenvalue weighted by Gasteiger charge is 2.37. The highest BCUT2D eigenvalue weighted by molar-refractivity contribution is 5.53. The van der Waals surface area contributed by atoms with Crippen molar-refractivity contribution in [1.29, 1.82) is 31.6 Å². The fourth-order valence-electron chi connectivity index (χ4n) is 0.925. The minimum absolute atomic E-state index is 0.368. The Labute approximate surface area is 91.7 Å². The van der Waals surface area contributed by atoms with E-state index in [9.17, 15) is 0 Å². The Morgan fingerprint density at radius 3 is 1.50 bits per heavy atom. The molecule has 0 saturated carbocycles. The number of nitrogens with zero attached hydrogens (tertiary/aromatic N) is 6. The van der Waals surface area contributed by atoms with Crippen LogP contribution in [0.25, 0.3) is 0 Å². The van der Waals surface area contributed by atoms with Gasteiger partial charge < -0.3 is 0 Å². The minimum atomic E-state index is -2.25. The lowest BCUT2D eigenvalue weighted by atomic mass is 9.80. The molecule has 6 nitrogen and oxygen atoms in total. The van der Waals surface area contributed by atoms with Gasteiger partial charge in [-0.25, -0.2) is 0 Å². The van der Waals surface area contributed by atoms with E-state index in [0.29, 0.717) is 0 Å². The highest BCUT2D eigenvalue weighted by Crippen LogP contribution is 2.30. The summed E-state index contributed by atoms with van der Waals surface area (Å²) in [6.45, 7) is 0. The summed E-state index contributed by atoms with van der Waals surface area (Å²) >= 11 is 0. The zero-order chi connectivity index (χ0) is 12.6. The number of hydrogen-bond acceptors (Lipinski definition) is 6. The van der Waals surface area contributed by atoms with Crippen LogP contribution in [0.4, 0.5) is 0 Å². The van der Waals surface area contributed by atoms with E-state index in [1.807, 2.05) is 0 Å². The molecule has 16 heavy (non-hydrogen) atoms. The molecule has 0 aromatic carbocycles. The topological polar surface area (TPSA) is 143 Å². The van der Waals surface area contributed by atoms with Gasteiger partial charge in [0.2, 0.25) is 0 Å². The Bertz CT molecular complexity index is 518. The fraction of sp³-hybridized carbons (Fsp3) is 0.200. The molecule has 0 amide bonds. The van der Waals surface area contributed by atoms with Gasteiger partial charge in [0.15, 0.2) is 0 Å². The molecule has 0 aliphatic heterocycles. The molecule has 0 rings (SSSR count). The van der Waals surface area contributed by atoms with Crippen molar-refractivity contribution >= 4 is 0 Å². The fourth-order valence-corrected chi connectivity index (χ4v) is 0.925. The van der Waals surface area contributed by atoms with Crippen LogP contribution >= 0.6 is 0 Å². The van der Waals surface area contributed by atoms with Crippen molar-refractivity contribution in [1.82, 2.24) is 0 Å². The van der Waals surface area contributed by atoms with E-state index in [1.54, 1.807) is 6.07 Å². The van der Waals surface area contributed by atoms with Crippen LogP contribution in [0.3, 0.4) is 0 Å². The van der Waals surface area contributed by atoms with Crippen molar-refractivity contribution in [2.75, 3.05) is 0 Å². The second-order valence-electron chi connectivity index (χ2n) is 2.50. The van der Waals surface area contributed by atoms with Crippen LogP contribution in [-0.4, -0.2) is 0 Å². The lowest BCUT2D eigenvalue weighted by Crippen LogP contribution is -2.18. The van der Waals surface area contributed by atoms with Gasteiger partial charge in [-0.15, -0.1) is 0 Å². The maximum Gasteiger partial charge on any atom is 0.252 e. The lowest BCUT2D eigenvalue weighted by Gasteiger charge is -2.10. The predicted molar refractivity (Wildman–Crippen MR) is 47.8 cm³/mol. The SMILES string of the molecule is N#CCC(=C(C#N)C#N)C(C#N)(C#N)C#N. The lowest BCUT2D eigenvalue weighted by molar-refractivity contribution is 0.778. The maximum atomic E-state index is 8.76. The van der Waals surface area contributed by atoms with E-state index in [4.69, 9.17) is 31.6 Å². The predicted octanol–water partition coefficient (Wildman–Crippen LogP) is 0.801. The second-order valence-corrected chi connectivity index (χ2v) is 2.50. The summed E-state index contributed by atoms with van der Waals surface area (Å²) < 4.78 is 0. The van der Waals surface area contributed by atoms with Crippen LogP contribution in [0, 0.1) is 73.4 Å². The standard InChI is InChI=1S/C10H2N6/c11-2-1-9(8(3-12)4-13)10(5-14,6-15)7-16/h1H2. The Hall–Kier alpha value is -3.32. The van der Waals surface area contributed by atoms with Crippen molar-refractivity contribution in [3.8, 4) is 36.4 Å². The number of rotatable bonds is 2. The van der Waals surface area contributed by atoms with Gasteiger partial charge in [0.1, 0.15) is 35.9 Å². The summed E-state index contributed by atoms with van der Waals surface area (Å²) in [6.07, 6.45) is -0.495. The van der Waals surface area contributed by atoms with E-state index in [-0.39, 0.29) is 5.57 Å². The minimum Gasteiger partial charge on any atom is -0.198 e. The highest BCUT2D eigenvalue weighted by atomic mass is 14.5. The third kappa shape index (κ3) is 1.95. The monoisotopic (exact) mass is 206 g/mol. The van der Waals surface area contributed by atoms with E-state index in [0.717, 1.165) is 0 Å². The molecule has 0 N–H and O–H groups in total. The molecule has 0 aromatic rings. The number of hydrogen-bond donors (Lipinski definition) is 0. The third-order valence-corrected chi connectivity index (χ3v) is 1.74. The van der Waals surface area contributed by atoms with Gasteiger partial charge in [0.05, 0.1) is 12.5 Å². The van der Waals surface area contributed by atoms with Crippen LogP contribution in [0.15, 0.2) is 11.1 Å². The first-order chi connectivity index (χ1) is 7.65. The zero-order valence-electron chi connectivity index (χ0n) is 7.89. The molecule has 0 unspecified atom stereocenters. The molecule has 0 aromatic heterocycles. The van der Waals surface area contributed by atoms with Crippen molar-refractivity contribution in [2.45, 2.75) is 6.42 Å². The largest absolute Gasteiger partial charge is 0.252 e. The van der Waals surface area contributed by atoms with Crippen molar-refractivity contribution in [3.63, 3.8) is 0 Å². The summed E-state index contributed by atoms with van der Waals surface area (Å²) in [6, 6.07) is 8.78. The molecular formula is C10H2N6. The molecule has 0 spiro atoms. The van der Waals surface area contributed by atoms with Gasteiger partial charge >= 0.3 is 0 Å². The van der Waals surface area contributed by atoms with E-state index >= 15 is 0 Å². The number of allylic oxidation sites excluding steroid dienone is 2. The molecule has 0 bridgehead atoms. The Kier molecular flexibility index (Phi) is 4.29. The first kappa shape index (κ1) is 12.7. The molecular weight excluding hydrogens is 204 g/mol. The molecule has 0 aliphatic rings. The normalized spacial score (nSPS) is 7.88. The van der Waals surface area contributed by atoms with Crippen molar-refractivity contribution < 1.29 is 0 Å². The van der Waals surface area contributed by atoms with Crippen LogP contribution in [-0.2, 0) is 0 Å². The van der Waals surface area contributed by atoms with Gasteiger partial charge in [-0.1, -0.05) is 0 Å².